The van der Waals surface area contributed by atoms with Crippen LogP contribution in [-0.2, 0) is 28.8 Å². The van der Waals surface area contributed by atoms with Crippen molar-refractivity contribution in [3.63, 3.8) is 0 Å². The van der Waals surface area contributed by atoms with Gasteiger partial charge in [0.25, 0.3) is 11.7 Å². The lowest BCUT2D eigenvalue weighted by atomic mass is 10.0. The Hall–Kier alpha value is -3.60. The van der Waals surface area contributed by atoms with Crippen molar-refractivity contribution in [1.82, 2.24) is 20.7 Å². The summed E-state index contributed by atoms with van der Waals surface area (Å²) in [6.07, 6.45) is 0.327. The van der Waals surface area contributed by atoms with Gasteiger partial charge >= 0.3 is 12.2 Å². The third kappa shape index (κ3) is 5.26. The molecule has 2 heterocycles. The quantitative estimate of drug-likeness (QED) is 0.237. The molecular weight excluding hydrogens is 400 g/mol. The lowest BCUT2D eigenvalue weighted by molar-refractivity contribution is -0.176. The first kappa shape index (κ1) is 22.7. The van der Waals surface area contributed by atoms with Crippen molar-refractivity contribution in [1.29, 1.82) is 0 Å². The first-order chi connectivity index (χ1) is 14.1. The highest BCUT2D eigenvalue weighted by Gasteiger charge is 2.45. The van der Waals surface area contributed by atoms with Crippen LogP contribution < -0.4 is 10.6 Å². The second kappa shape index (κ2) is 9.74. The lowest BCUT2D eigenvalue weighted by Crippen LogP contribution is -2.64. The maximum absolute atomic E-state index is 13.0. The molecule has 13 heteroatoms. The Balaban J connectivity index is 2.29. The number of nitrogens with one attached hydrogen (secondary N) is 2. The van der Waals surface area contributed by atoms with Gasteiger partial charge in [0, 0.05) is 19.9 Å². The van der Waals surface area contributed by atoms with E-state index >= 15 is 0 Å². The maximum atomic E-state index is 13.0. The maximum Gasteiger partial charge on any atom is 0.325 e. The van der Waals surface area contributed by atoms with Gasteiger partial charge in [-0.25, -0.2) is 5.01 Å². The van der Waals surface area contributed by atoms with Crippen LogP contribution in [0.1, 0.15) is 39.0 Å². The Morgan fingerprint density at radius 3 is 2.60 bits per heavy atom. The summed E-state index contributed by atoms with van der Waals surface area (Å²) in [5.41, 5.74) is 8.51. The molecule has 30 heavy (non-hydrogen) atoms. The van der Waals surface area contributed by atoms with E-state index in [2.05, 4.69) is 15.4 Å². The lowest BCUT2D eigenvalue weighted by Gasteiger charge is -2.43. The SMILES string of the molecule is CC(=O)NC1CCC(=O)N2CCCC(C(=O)NC(CC(=O)O)C(=O)C=[N+]=[N-])N2C1=O. The fraction of sp³-hybridized carbons (Fsp3) is 0.588. The number of fused-ring (bicyclic) bond motifs is 1. The Bertz CT molecular complexity index is 821. The minimum absolute atomic E-state index is 0.00534. The number of hydrazine groups is 1. The summed E-state index contributed by atoms with van der Waals surface area (Å²) in [5, 5.41) is 15.8. The van der Waals surface area contributed by atoms with Crippen LogP contribution in [0.2, 0.25) is 0 Å². The van der Waals surface area contributed by atoms with E-state index in [1.54, 1.807) is 0 Å². The zero-order chi connectivity index (χ0) is 22.4. The van der Waals surface area contributed by atoms with E-state index in [4.69, 9.17) is 10.6 Å². The summed E-state index contributed by atoms with van der Waals surface area (Å²) < 4.78 is 0. The minimum atomic E-state index is -1.52. The number of hydrogen-bond donors (Lipinski definition) is 3. The Morgan fingerprint density at radius 2 is 2.00 bits per heavy atom. The van der Waals surface area contributed by atoms with Crippen molar-refractivity contribution in [3.8, 4) is 0 Å². The third-order valence-electron chi connectivity index (χ3n) is 4.77. The van der Waals surface area contributed by atoms with Gasteiger partial charge in [-0.2, -0.15) is 4.79 Å². The number of carboxylic acid groups (broad SMARTS) is 1. The van der Waals surface area contributed by atoms with Crippen LogP contribution in [0.15, 0.2) is 0 Å². The molecule has 0 saturated carbocycles. The van der Waals surface area contributed by atoms with Gasteiger partial charge in [-0.15, -0.1) is 0 Å². The van der Waals surface area contributed by atoms with E-state index in [-0.39, 0.29) is 31.7 Å². The molecule has 0 bridgehead atoms. The summed E-state index contributed by atoms with van der Waals surface area (Å²) in [6, 6.07) is -3.70. The molecule has 2 fully saturated rings. The van der Waals surface area contributed by atoms with Gasteiger partial charge in [0.05, 0.1) is 6.42 Å². The average molecular weight is 422 g/mol. The van der Waals surface area contributed by atoms with Crippen molar-refractivity contribution < 1.29 is 38.7 Å². The molecule has 0 aromatic rings. The Morgan fingerprint density at radius 1 is 1.30 bits per heavy atom. The molecule has 2 rings (SSSR count). The van der Waals surface area contributed by atoms with Gasteiger partial charge in [0.2, 0.25) is 17.7 Å². The molecule has 3 atom stereocenters. The summed E-state index contributed by atoms with van der Waals surface area (Å²) in [7, 11) is 0. The Labute approximate surface area is 171 Å². The van der Waals surface area contributed by atoms with Gasteiger partial charge in [-0.1, -0.05) is 0 Å². The molecule has 0 spiro atoms. The normalized spacial score (nSPS) is 22.2. The molecule has 0 radical (unpaired) electrons. The van der Waals surface area contributed by atoms with E-state index in [9.17, 15) is 28.8 Å². The molecule has 3 unspecified atom stereocenters. The molecule has 0 aromatic carbocycles. The molecule has 0 aromatic heterocycles. The second-order valence-electron chi connectivity index (χ2n) is 6.96. The Kier molecular flexibility index (Phi) is 7.37. The highest BCUT2D eigenvalue weighted by molar-refractivity contribution is 6.28. The van der Waals surface area contributed by atoms with E-state index in [0.29, 0.717) is 12.6 Å². The van der Waals surface area contributed by atoms with Crippen molar-refractivity contribution in [3.05, 3.63) is 5.53 Å². The average Bonchev–Trinajstić information content (AvgIpc) is 2.79. The number of carboxylic acids is 1. The minimum Gasteiger partial charge on any atom is -0.481 e. The number of hydrogen-bond acceptors (Lipinski definition) is 6. The van der Waals surface area contributed by atoms with Crippen LogP contribution in [0, 0.1) is 0 Å². The number of Topliss-reactive ketones (excluding diaryl/α,β-unsaturated/α-hetero) is 1. The van der Waals surface area contributed by atoms with E-state index in [1.165, 1.54) is 6.92 Å². The summed E-state index contributed by atoms with van der Waals surface area (Å²) in [4.78, 5) is 75.3. The van der Waals surface area contributed by atoms with Gasteiger partial charge in [0.1, 0.15) is 18.1 Å². The summed E-state index contributed by atoms with van der Waals surface area (Å²) >= 11 is 0. The monoisotopic (exact) mass is 422 g/mol. The van der Waals surface area contributed by atoms with Gasteiger partial charge in [-0.05, 0) is 19.3 Å². The zero-order valence-electron chi connectivity index (χ0n) is 16.2. The van der Waals surface area contributed by atoms with E-state index in [0.717, 1.165) is 10.0 Å². The molecule has 2 aliphatic heterocycles. The van der Waals surface area contributed by atoms with Gasteiger partial charge in [-0.3, -0.25) is 33.8 Å². The number of amides is 4. The highest BCUT2D eigenvalue weighted by atomic mass is 16.4. The summed E-state index contributed by atoms with van der Waals surface area (Å²) in [5.74, 6) is -4.67. The van der Waals surface area contributed by atoms with E-state index in [1.807, 2.05) is 0 Å². The second-order valence-corrected chi connectivity index (χ2v) is 6.96. The molecule has 0 aliphatic carbocycles. The molecule has 2 aliphatic rings. The van der Waals surface area contributed by atoms with Crippen LogP contribution in [0.25, 0.3) is 5.53 Å². The number of carbonyl (C=O) groups is 6. The van der Waals surface area contributed by atoms with Crippen LogP contribution in [0.4, 0.5) is 0 Å². The van der Waals surface area contributed by atoms with Crippen molar-refractivity contribution >= 4 is 41.6 Å². The van der Waals surface area contributed by atoms with Gasteiger partial charge < -0.3 is 21.3 Å². The predicted molar refractivity (Wildman–Crippen MR) is 97.3 cm³/mol. The first-order valence-corrected chi connectivity index (χ1v) is 9.29. The van der Waals surface area contributed by atoms with Gasteiger partial charge in [0.15, 0.2) is 0 Å². The van der Waals surface area contributed by atoms with Crippen LogP contribution >= 0.6 is 0 Å². The number of rotatable bonds is 7. The molecule has 162 valence electrons. The van der Waals surface area contributed by atoms with Crippen molar-refractivity contribution in [2.45, 2.75) is 57.2 Å². The molecular formula is C17H22N6O7. The van der Waals surface area contributed by atoms with Crippen molar-refractivity contribution in [2.75, 3.05) is 6.54 Å². The number of ketones is 1. The third-order valence-corrected chi connectivity index (χ3v) is 4.77. The standard InChI is InChI=1S/C17H22N6O7/c1-9(24)20-10-4-5-14(26)22-6-2-3-12(23(22)17(10)30)16(29)21-11(7-15(27)28)13(25)8-19-18/h8,10-12H,2-7H2,1H3,(H,20,24)(H,21,29)(H,27,28). The number of carbonyl (C=O) groups excluding carboxylic acids is 5. The first-order valence-electron chi connectivity index (χ1n) is 9.29. The van der Waals surface area contributed by atoms with Crippen LogP contribution in [0.5, 0.6) is 0 Å². The van der Waals surface area contributed by atoms with E-state index < -0.39 is 54.0 Å². The van der Waals surface area contributed by atoms with Crippen molar-refractivity contribution in [2.24, 2.45) is 0 Å². The van der Waals surface area contributed by atoms with Crippen LogP contribution in [-0.4, -0.2) is 86.2 Å². The zero-order valence-corrected chi connectivity index (χ0v) is 16.2. The topological polar surface area (TPSA) is 190 Å². The molecule has 2 saturated heterocycles. The highest BCUT2D eigenvalue weighted by Crippen LogP contribution is 2.25. The molecule has 13 nitrogen and oxygen atoms in total. The largest absolute Gasteiger partial charge is 0.481 e. The number of nitrogens with zero attached hydrogens (tertiary/aromatic N) is 4. The molecule has 3 N–H and O–H groups in total. The fourth-order valence-electron chi connectivity index (χ4n) is 3.46. The number of aliphatic carboxylic acids is 1. The van der Waals surface area contributed by atoms with Crippen LogP contribution in [0.3, 0.4) is 0 Å². The molecule has 4 amide bonds. The predicted octanol–water partition coefficient (Wildman–Crippen LogP) is -2.15. The summed E-state index contributed by atoms with van der Waals surface area (Å²) in [6.45, 7) is 1.43. The smallest absolute Gasteiger partial charge is 0.325 e. The fourth-order valence-corrected chi connectivity index (χ4v) is 3.46.